The number of nitrogens with zero attached hydrogens (tertiary/aromatic N) is 2. The van der Waals surface area contributed by atoms with Crippen LogP contribution >= 0.6 is 0 Å². The van der Waals surface area contributed by atoms with E-state index in [0.717, 1.165) is 0 Å². The number of hydrogen-bond donors (Lipinski definition) is 1. The van der Waals surface area contributed by atoms with Gasteiger partial charge in [-0.3, -0.25) is 4.79 Å². The number of hydrogen-bond acceptors (Lipinski definition) is 6. The molecule has 0 saturated heterocycles. The summed E-state index contributed by atoms with van der Waals surface area (Å²) in [6, 6.07) is 4.28. The van der Waals surface area contributed by atoms with E-state index < -0.39 is 6.61 Å². The molecule has 1 N–H and O–H groups in total. The predicted molar refractivity (Wildman–Crippen MR) is 94.2 cm³/mol. The Morgan fingerprint density at radius 1 is 1.30 bits per heavy atom. The molecule has 1 amide bonds. The van der Waals surface area contributed by atoms with Gasteiger partial charge in [-0.25, -0.2) is 0 Å². The zero-order valence-electron chi connectivity index (χ0n) is 15.7. The van der Waals surface area contributed by atoms with Gasteiger partial charge >= 0.3 is 6.61 Å². The topological polar surface area (TPSA) is 86.5 Å². The third kappa shape index (κ3) is 6.19. The molecule has 0 unspecified atom stereocenters. The predicted octanol–water partition coefficient (Wildman–Crippen LogP) is 3.94. The minimum atomic E-state index is -2.99. The smallest absolute Gasteiger partial charge is 0.387 e. The summed E-state index contributed by atoms with van der Waals surface area (Å²) in [5, 5.41) is 6.57. The van der Waals surface area contributed by atoms with Gasteiger partial charge in [0.25, 0.3) is 0 Å². The fraction of sp³-hybridized carbons (Fsp3) is 0.500. The van der Waals surface area contributed by atoms with Crippen molar-refractivity contribution in [3.8, 4) is 11.5 Å². The number of ether oxygens (including phenoxy) is 2. The van der Waals surface area contributed by atoms with E-state index in [1.165, 1.54) is 19.2 Å². The van der Waals surface area contributed by atoms with Crippen molar-refractivity contribution < 1.29 is 27.6 Å². The van der Waals surface area contributed by atoms with Gasteiger partial charge in [-0.1, -0.05) is 25.9 Å². The summed E-state index contributed by atoms with van der Waals surface area (Å²) in [4.78, 5) is 16.4. The van der Waals surface area contributed by atoms with E-state index in [1.807, 2.05) is 20.8 Å². The van der Waals surface area contributed by atoms with Gasteiger partial charge in [0.15, 0.2) is 17.3 Å². The van der Waals surface area contributed by atoms with Gasteiger partial charge in [0.05, 0.1) is 7.11 Å². The maximum Gasteiger partial charge on any atom is 0.387 e. The first-order valence-corrected chi connectivity index (χ1v) is 8.45. The minimum Gasteiger partial charge on any atom is -0.493 e. The molecule has 0 saturated carbocycles. The lowest BCUT2D eigenvalue weighted by atomic mass is 9.96. The van der Waals surface area contributed by atoms with Crippen molar-refractivity contribution in [2.75, 3.05) is 12.4 Å². The summed E-state index contributed by atoms with van der Waals surface area (Å²) in [5.41, 5.74) is 0.134. The molecule has 1 heterocycles. The Kier molecular flexibility index (Phi) is 6.70. The Balaban J connectivity index is 1.87. The maximum atomic E-state index is 12.4. The normalized spacial score (nSPS) is 11.5. The van der Waals surface area contributed by atoms with Crippen LogP contribution in [0.25, 0.3) is 0 Å². The van der Waals surface area contributed by atoms with Crippen LogP contribution in [-0.2, 0) is 16.6 Å². The number of carbonyl (C=O) groups is 1. The number of halogens is 2. The summed E-state index contributed by atoms with van der Waals surface area (Å²) in [5.74, 6) is 0.834. The molecule has 0 fully saturated rings. The number of alkyl halides is 2. The van der Waals surface area contributed by atoms with Gasteiger partial charge in [0.1, 0.15) is 0 Å². The van der Waals surface area contributed by atoms with E-state index in [0.29, 0.717) is 30.2 Å². The molecule has 0 aliphatic carbocycles. The highest BCUT2D eigenvalue weighted by molar-refractivity contribution is 5.91. The Labute approximate surface area is 156 Å². The average molecular weight is 383 g/mol. The molecule has 27 heavy (non-hydrogen) atoms. The van der Waals surface area contributed by atoms with Crippen LogP contribution in [-0.4, -0.2) is 29.8 Å². The molecule has 7 nitrogen and oxygen atoms in total. The standard InChI is InChI=1S/C18H23F2N3O4/c1-18(2,3)16-22-15(27-23-16)7-5-6-14(24)21-11-8-9-12(25-4)13(10-11)26-17(19)20/h8-10,17H,5-7H2,1-4H3,(H,21,24). The second-order valence-corrected chi connectivity index (χ2v) is 6.91. The van der Waals surface area contributed by atoms with Crippen LogP contribution in [0.4, 0.5) is 14.5 Å². The summed E-state index contributed by atoms with van der Waals surface area (Å²) >= 11 is 0. The SMILES string of the molecule is COc1ccc(NC(=O)CCCc2nc(C(C)(C)C)no2)cc1OC(F)F. The van der Waals surface area contributed by atoms with Gasteiger partial charge in [-0.05, 0) is 18.6 Å². The van der Waals surface area contributed by atoms with E-state index >= 15 is 0 Å². The second kappa shape index (κ2) is 8.79. The molecule has 0 radical (unpaired) electrons. The molecular formula is C18H23F2N3O4. The Morgan fingerprint density at radius 3 is 2.63 bits per heavy atom. The first kappa shape index (κ1) is 20.6. The molecule has 0 aliphatic rings. The van der Waals surface area contributed by atoms with Crippen molar-refractivity contribution >= 4 is 11.6 Å². The highest BCUT2D eigenvalue weighted by Crippen LogP contribution is 2.31. The van der Waals surface area contributed by atoms with Crippen LogP contribution in [0, 0.1) is 0 Å². The molecule has 148 valence electrons. The van der Waals surface area contributed by atoms with Crippen LogP contribution in [0.15, 0.2) is 22.7 Å². The lowest BCUT2D eigenvalue weighted by molar-refractivity contribution is -0.116. The molecule has 2 aromatic rings. The van der Waals surface area contributed by atoms with Crippen LogP contribution in [0.5, 0.6) is 11.5 Å². The van der Waals surface area contributed by atoms with Gasteiger partial charge in [0, 0.05) is 30.0 Å². The Hall–Kier alpha value is -2.71. The third-order valence-electron chi connectivity index (χ3n) is 3.60. The van der Waals surface area contributed by atoms with Crippen molar-refractivity contribution in [3.63, 3.8) is 0 Å². The lowest BCUT2D eigenvalue weighted by Gasteiger charge is -2.12. The summed E-state index contributed by atoms with van der Waals surface area (Å²) in [6.45, 7) is 2.96. The number of nitrogens with one attached hydrogen (secondary N) is 1. The molecule has 0 aliphatic heterocycles. The van der Waals surface area contributed by atoms with Crippen LogP contribution < -0.4 is 14.8 Å². The summed E-state index contributed by atoms with van der Waals surface area (Å²) < 4.78 is 39.4. The molecule has 1 aromatic heterocycles. The first-order chi connectivity index (χ1) is 12.7. The number of amides is 1. The largest absolute Gasteiger partial charge is 0.493 e. The quantitative estimate of drug-likeness (QED) is 0.743. The highest BCUT2D eigenvalue weighted by atomic mass is 19.3. The van der Waals surface area contributed by atoms with Crippen molar-refractivity contribution in [3.05, 3.63) is 29.9 Å². The number of rotatable bonds is 8. The Morgan fingerprint density at radius 2 is 2.04 bits per heavy atom. The van der Waals surface area contributed by atoms with Crippen LogP contribution in [0.2, 0.25) is 0 Å². The highest BCUT2D eigenvalue weighted by Gasteiger charge is 2.20. The third-order valence-corrected chi connectivity index (χ3v) is 3.60. The number of benzene rings is 1. The number of methoxy groups -OCH3 is 1. The molecule has 9 heteroatoms. The number of carbonyl (C=O) groups excluding carboxylic acids is 1. The molecular weight excluding hydrogens is 360 g/mol. The van der Waals surface area contributed by atoms with Crippen molar-refractivity contribution in [1.29, 1.82) is 0 Å². The van der Waals surface area contributed by atoms with Crippen LogP contribution in [0.3, 0.4) is 0 Å². The average Bonchev–Trinajstić information content (AvgIpc) is 3.04. The van der Waals surface area contributed by atoms with E-state index in [9.17, 15) is 13.6 Å². The molecule has 1 aromatic carbocycles. The van der Waals surface area contributed by atoms with Crippen molar-refractivity contribution in [2.24, 2.45) is 0 Å². The summed E-state index contributed by atoms with van der Waals surface area (Å²) in [6.07, 6.45) is 1.19. The first-order valence-electron chi connectivity index (χ1n) is 8.45. The van der Waals surface area contributed by atoms with Gasteiger partial charge in [0.2, 0.25) is 11.8 Å². The minimum absolute atomic E-state index is 0.147. The van der Waals surface area contributed by atoms with Gasteiger partial charge < -0.3 is 19.3 Å². The zero-order valence-corrected chi connectivity index (χ0v) is 15.7. The number of aryl methyl sites for hydroxylation is 1. The van der Waals surface area contributed by atoms with Crippen molar-refractivity contribution in [2.45, 2.75) is 52.1 Å². The fourth-order valence-electron chi connectivity index (χ4n) is 2.23. The fourth-order valence-corrected chi connectivity index (χ4v) is 2.23. The molecule has 2 rings (SSSR count). The molecule has 0 bridgehead atoms. The number of anilines is 1. The zero-order chi connectivity index (χ0) is 20.0. The van der Waals surface area contributed by atoms with Gasteiger partial charge in [-0.2, -0.15) is 13.8 Å². The second-order valence-electron chi connectivity index (χ2n) is 6.91. The summed E-state index contributed by atoms with van der Waals surface area (Å²) in [7, 11) is 1.34. The lowest BCUT2D eigenvalue weighted by Crippen LogP contribution is -2.13. The van der Waals surface area contributed by atoms with E-state index in [4.69, 9.17) is 9.26 Å². The number of aromatic nitrogens is 2. The molecule has 0 spiro atoms. The van der Waals surface area contributed by atoms with Crippen molar-refractivity contribution in [1.82, 2.24) is 10.1 Å². The van der Waals surface area contributed by atoms with E-state index in [1.54, 1.807) is 6.07 Å². The maximum absolute atomic E-state index is 12.4. The van der Waals surface area contributed by atoms with E-state index in [-0.39, 0.29) is 29.2 Å². The van der Waals surface area contributed by atoms with E-state index in [2.05, 4.69) is 20.2 Å². The van der Waals surface area contributed by atoms with Gasteiger partial charge in [-0.15, -0.1) is 0 Å². The molecule has 0 atom stereocenters. The van der Waals surface area contributed by atoms with Crippen LogP contribution in [0.1, 0.15) is 45.3 Å². The monoisotopic (exact) mass is 383 g/mol. The Bertz CT molecular complexity index is 772.